The van der Waals surface area contributed by atoms with Crippen molar-refractivity contribution in [2.75, 3.05) is 13.1 Å². The number of hydrogen-bond acceptors (Lipinski definition) is 5. The van der Waals surface area contributed by atoms with E-state index in [-0.39, 0.29) is 6.04 Å². The van der Waals surface area contributed by atoms with E-state index in [9.17, 15) is 4.79 Å². The number of nitrogens with two attached hydrogens (primary N) is 1. The van der Waals surface area contributed by atoms with Crippen LogP contribution in [0.5, 0.6) is 5.88 Å². The van der Waals surface area contributed by atoms with Crippen LogP contribution in [0.4, 0.5) is 4.79 Å². The van der Waals surface area contributed by atoms with E-state index < -0.39 is 6.09 Å². The first-order valence-electron chi connectivity index (χ1n) is 4.66. The summed E-state index contributed by atoms with van der Waals surface area (Å²) in [7, 11) is 0. The fourth-order valence-corrected chi connectivity index (χ4v) is 1.30. The topological polar surface area (TPSA) is 81.3 Å². The lowest BCUT2D eigenvalue weighted by molar-refractivity contribution is 0.111. The van der Waals surface area contributed by atoms with Crippen molar-refractivity contribution in [3.8, 4) is 5.88 Å². The molecule has 80 valence electrons. The summed E-state index contributed by atoms with van der Waals surface area (Å²) in [5, 5.41) is 0. The van der Waals surface area contributed by atoms with Crippen LogP contribution in [0.3, 0.4) is 0 Å². The number of aromatic nitrogens is 2. The van der Waals surface area contributed by atoms with E-state index in [4.69, 9.17) is 10.5 Å². The number of amides is 1. The number of aryl methyl sites for hydroxylation is 1. The highest BCUT2D eigenvalue weighted by atomic mass is 16.6. The normalized spacial score (nSPS) is 16.0. The summed E-state index contributed by atoms with van der Waals surface area (Å²) in [6.45, 7) is 2.87. The van der Waals surface area contributed by atoms with Crippen LogP contribution in [-0.2, 0) is 0 Å². The Balaban J connectivity index is 1.97. The number of nitrogens with zero attached hydrogens (tertiary/aromatic N) is 3. The predicted octanol–water partition coefficient (Wildman–Crippen LogP) is -0.0733. The highest BCUT2D eigenvalue weighted by Crippen LogP contribution is 2.14. The van der Waals surface area contributed by atoms with Crippen molar-refractivity contribution in [2.45, 2.75) is 13.0 Å². The summed E-state index contributed by atoms with van der Waals surface area (Å²) >= 11 is 0. The maximum atomic E-state index is 11.5. The van der Waals surface area contributed by atoms with Gasteiger partial charge in [-0.3, -0.25) is 0 Å². The molecule has 0 spiro atoms. The molecule has 0 aliphatic carbocycles. The van der Waals surface area contributed by atoms with Crippen LogP contribution in [0.25, 0.3) is 0 Å². The molecule has 0 unspecified atom stereocenters. The van der Waals surface area contributed by atoms with Crippen molar-refractivity contribution in [3.05, 3.63) is 18.1 Å². The monoisotopic (exact) mass is 208 g/mol. The van der Waals surface area contributed by atoms with Gasteiger partial charge in [0.1, 0.15) is 6.33 Å². The minimum atomic E-state index is -0.404. The number of carbonyl (C=O) groups is 1. The fourth-order valence-electron chi connectivity index (χ4n) is 1.30. The van der Waals surface area contributed by atoms with Crippen molar-refractivity contribution < 1.29 is 9.53 Å². The van der Waals surface area contributed by atoms with Crippen LogP contribution in [-0.4, -0.2) is 40.1 Å². The molecule has 0 aromatic carbocycles. The van der Waals surface area contributed by atoms with E-state index in [0.29, 0.717) is 19.0 Å². The Morgan fingerprint density at radius 1 is 1.67 bits per heavy atom. The van der Waals surface area contributed by atoms with Gasteiger partial charge in [0.15, 0.2) is 0 Å². The van der Waals surface area contributed by atoms with Gasteiger partial charge < -0.3 is 15.4 Å². The molecule has 0 radical (unpaired) electrons. The van der Waals surface area contributed by atoms with Gasteiger partial charge >= 0.3 is 6.09 Å². The summed E-state index contributed by atoms with van der Waals surface area (Å²) in [6, 6.07) is 0.0732. The number of rotatable bonds is 1. The summed E-state index contributed by atoms with van der Waals surface area (Å²) in [6.07, 6.45) is 2.54. The van der Waals surface area contributed by atoms with Crippen molar-refractivity contribution >= 4 is 6.09 Å². The zero-order valence-electron chi connectivity index (χ0n) is 8.38. The second-order valence-corrected chi connectivity index (χ2v) is 3.54. The molecule has 6 nitrogen and oxygen atoms in total. The maximum Gasteiger partial charge on any atom is 0.416 e. The molecule has 2 heterocycles. The van der Waals surface area contributed by atoms with Gasteiger partial charge in [-0.05, 0) is 6.92 Å². The molecule has 2 N–H and O–H groups in total. The van der Waals surface area contributed by atoms with Crippen LogP contribution in [0.1, 0.15) is 5.56 Å². The smallest absolute Gasteiger partial charge is 0.391 e. The first-order chi connectivity index (χ1) is 7.16. The molecule has 0 atom stereocenters. The Bertz CT molecular complexity index is 376. The lowest BCUT2D eigenvalue weighted by Gasteiger charge is -2.35. The summed E-state index contributed by atoms with van der Waals surface area (Å²) < 4.78 is 5.08. The Morgan fingerprint density at radius 3 is 3.00 bits per heavy atom. The minimum Gasteiger partial charge on any atom is -0.391 e. The third-order valence-corrected chi connectivity index (χ3v) is 2.20. The molecule has 1 aromatic heterocycles. The van der Waals surface area contributed by atoms with E-state index in [1.165, 1.54) is 11.2 Å². The van der Waals surface area contributed by atoms with E-state index >= 15 is 0 Å². The van der Waals surface area contributed by atoms with Crippen molar-refractivity contribution in [1.82, 2.24) is 14.9 Å². The molecule has 1 aromatic rings. The quantitative estimate of drug-likeness (QED) is 0.698. The number of hydrogen-bond donors (Lipinski definition) is 1. The zero-order valence-corrected chi connectivity index (χ0v) is 8.38. The summed E-state index contributed by atoms with van der Waals surface area (Å²) in [5.74, 6) is 0.301. The SMILES string of the molecule is Cc1cncnc1OC(=O)N1CC(N)C1. The fraction of sp³-hybridized carbons (Fsp3) is 0.444. The number of ether oxygens (including phenoxy) is 1. The van der Waals surface area contributed by atoms with E-state index in [2.05, 4.69) is 9.97 Å². The molecule has 1 aliphatic heterocycles. The van der Waals surface area contributed by atoms with E-state index in [1.54, 1.807) is 13.1 Å². The van der Waals surface area contributed by atoms with Crippen molar-refractivity contribution in [2.24, 2.45) is 5.73 Å². The molecule has 1 amide bonds. The standard InChI is InChI=1S/C9H12N4O2/c1-6-2-11-5-12-8(6)15-9(14)13-3-7(10)4-13/h2,5,7H,3-4,10H2,1H3. The Labute approximate surface area is 87.1 Å². The second kappa shape index (κ2) is 3.82. The minimum absolute atomic E-state index is 0.0732. The zero-order chi connectivity index (χ0) is 10.8. The average molecular weight is 208 g/mol. The van der Waals surface area contributed by atoms with Crippen LogP contribution >= 0.6 is 0 Å². The average Bonchev–Trinajstić information content (AvgIpc) is 2.17. The first kappa shape index (κ1) is 9.85. The van der Waals surface area contributed by atoms with Crippen molar-refractivity contribution in [1.29, 1.82) is 0 Å². The molecule has 1 aliphatic rings. The van der Waals surface area contributed by atoms with Gasteiger partial charge in [-0.25, -0.2) is 14.8 Å². The highest BCUT2D eigenvalue weighted by molar-refractivity contribution is 5.71. The van der Waals surface area contributed by atoms with Gasteiger partial charge in [-0.15, -0.1) is 0 Å². The largest absolute Gasteiger partial charge is 0.416 e. The third-order valence-electron chi connectivity index (χ3n) is 2.20. The van der Waals surface area contributed by atoms with Gasteiger partial charge in [-0.2, -0.15) is 0 Å². The van der Waals surface area contributed by atoms with Crippen LogP contribution < -0.4 is 10.5 Å². The molecule has 1 fully saturated rings. The molecular weight excluding hydrogens is 196 g/mol. The molecule has 0 saturated carbocycles. The molecule has 2 rings (SSSR count). The molecular formula is C9H12N4O2. The summed E-state index contributed by atoms with van der Waals surface area (Å²) in [4.78, 5) is 20.7. The maximum absolute atomic E-state index is 11.5. The predicted molar refractivity (Wildman–Crippen MR) is 52.3 cm³/mol. The van der Waals surface area contributed by atoms with Gasteiger partial charge in [0.2, 0.25) is 5.88 Å². The molecule has 15 heavy (non-hydrogen) atoms. The van der Waals surface area contributed by atoms with E-state index in [1.807, 2.05) is 0 Å². The lowest BCUT2D eigenvalue weighted by atomic mass is 10.1. The van der Waals surface area contributed by atoms with Gasteiger partial charge in [0, 0.05) is 30.9 Å². The van der Waals surface area contributed by atoms with Crippen molar-refractivity contribution in [3.63, 3.8) is 0 Å². The van der Waals surface area contributed by atoms with Gasteiger partial charge in [-0.1, -0.05) is 0 Å². The number of likely N-dealkylation sites (tertiary alicyclic amines) is 1. The van der Waals surface area contributed by atoms with Gasteiger partial charge in [0.25, 0.3) is 0 Å². The van der Waals surface area contributed by atoms with Crippen LogP contribution in [0.2, 0.25) is 0 Å². The molecule has 6 heteroatoms. The van der Waals surface area contributed by atoms with Crippen LogP contribution in [0.15, 0.2) is 12.5 Å². The third kappa shape index (κ3) is 2.04. The molecule has 0 bridgehead atoms. The summed E-state index contributed by atoms with van der Waals surface area (Å²) in [5.41, 5.74) is 6.29. The Hall–Kier alpha value is -1.69. The van der Waals surface area contributed by atoms with Gasteiger partial charge in [0.05, 0.1) is 0 Å². The van der Waals surface area contributed by atoms with Crippen LogP contribution in [0, 0.1) is 6.92 Å². The Kier molecular flexibility index (Phi) is 2.51. The number of carbonyl (C=O) groups excluding carboxylic acids is 1. The molecule has 1 saturated heterocycles. The van der Waals surface area contributed by atoms with E-state index in [0.717, 1.165) is 5.56 Å². The first-order valence-corrected chi connectivity index (χ1v) is 4.66. The Morgan fingerprint density at radius 2 is 2.40 bits per heavy atom. The highest BCUT2D eigenvalue weighted by Gasteiger charge is 2.29. The second-order valence-electron chi connectivity index (χ2n) is 3.54. The lowest BCUT2D eigenvalue weighted by Crippen LogP contribution is -2.58.